The minimum Gasteiger partial charge on any atom is -0.478 e. The van der Waals surface area contributed by atoms with Crippen molar-refractivity contribution in [2.45, 2.75) is 13.8 Å². The lowest BCUT2D eigenvalue weighted by atomic mass is 10.1. The molecule has 98 valence electrons. The number of aromatic carboxylic acids is 1. The highest BCUT2D eigenvalue weighted by atomic mass is 79.9. The molecule has 0 spiro atoms. The molecule has 0 fully saturated rings. The Morgan fingerprint density at radius 3 is 2.79 bits per heavy atom. The van der Waals surface area contributed by atoms with Gasteiger partial charge in [-0.25, -0.2) is 9.78 Å². The van der Waals surface area contributed by atoms with Crippen molar-refractivity contribution in [2.75, 3.05) is 5.32 Å². The number of halogens is 1. The summed E-state index contributed by atoms with van der Waals surface area (Å²) in [6.07, 6.45) is 1.57. The number of pyridine rings is 1. The number of nitrogens with zero attached hydrogens (tertiary/aromatic N) is 1. The first-order chi connectivity index (χ1) is 8.99. The van der Waals surface area contributed by atoms with E-state index in [4.69, 9.17) is 0 Å². The molecule has 0 aliphatic rings. The monoisotopic (exact) mass is 320 g/mol. The van der Waals surface area contributed by atoms with Gasteiger partial charge in [0.05, 0.1) is 0 Å². The van der Waals surface area contributed by atoms with Gasteiger partial charge in [-0.3, -0.25) is 0 Å². The zero-order valence-electron chi connectivity index (χ0n) is 10.6. The maximum absolute atomic E-state index is 11.2. The zero-order valence-corrected chi connectivity index (χ0v) is 12.2. The largest absolute Gasteiger partial charge is 0.478 e. The number of aryl methyl sites for hydroxylation is 1. The highest BCUT2D eigenvalue weighted by Gasteiger charge is 2.13. The van der Waals surface area contributed by atoms with Crippen LogP contribution in [0.5, 0.6) is 0 Å². The van der Waals surface area contributed by atoms with Gasteiger partial charge in [0, 0.05) is 16.4 Å². The average molecular weight is 321 g/mol. The van der Waals surface area contributed by atoms with Crippen LogP contribution in [0.15, 0.2) is 34.9 Å². The Morgan fingerprint density at radius 2 is 2.11 bits per heavy atom. The van der Waals surface area contributed by atoms with E-state index in [-0.39, 0.29) is 5.56 Å². The van der Waals surface area contributed by atoms with Crippen LogP contribution in [0.4, 0.5) is 11.5 Å². The quantitative estimate of drug-likeness (QED) is 0.900. The van der Waals surface area contributed by atoms with Crippen LogP contribution in [0, 0.1) is 13.8 Å². The third kappa shape index (κ3) is 2.93. The van der Waals surface area contributed by atoms with Crippen molar-refractivity contribution in [2.24, 2.45) is 0 Å². The number of anilines is 2. The van der Waals surface area contributed by atoms with Gasteiger partial charge in [0.15, 0.2) is 0 Å². The molecule has 0 saturated heterocycles. The number of carboxylic acid groups (broad SMARTS) is 1. The van der Waals surface area contributed by atoms with Crippen molar-refractivity contribution in [1.29, 1.82) is 0 Å². The summed E-state index contributed by atoms with van der Waals surface area (Å²) in [6, 6.07) is 7.36. The van der Waals surface area contributed by atoms with Crippen LogP contribution < -0.4 is 5.32 Å². The van der Waals surface area contributed by atoms with Crippen LogP contribution in [-0.4, -0.2) is 16.1 Å². The van der Waals surface area contributed by atoms with E-state index in [1.165, 1.54) is 6.07 Å². The molecular weight excluding hydrogens is 308 g/mol. The molecule has 0 unspecified atom stereocenters. The Kier molecular flexibility index (Phi) is 3.85. The molecule has 2 N–H and O–H groups in total. The maximum atomic E-state index is 11.2. The standard InChI is InChI=1S/C14H13BrN2O2/c1-8-4-3-5-12(9(8)2)17-13-11(14(18)19)6-10(15)7-16-13/h3-7H,1-2H3,(H,16,17)(H,18,19). The number of nitrogens with one attached hydrogen (secondary N) is 1. The van der Waals surface area contributed by atoms with Gasteiger partial charge in [-0.1, -0.05) is 12.1 Å². The fourth-order valence-corrected chi connectivity index (χ4v) is 2.05. The van der Waals surface area contributed by atoms with E-state index >= 15 is 0 Å². The Morgan fingerprint density at radius 1 is 1.37 bits per heavy atom. The Labute approximate surface area is 119 Å². The van der Waals surface area contributed by atoms with E-state index in [2.05, 4.69) is 26.2 Å². The first-order valence-corrected chi connectivity index (χ1v) is 6.50. The second-order valence-electron chi connectivity index (χ2n) is 4.23. The summed E-state index contributed by atoms with van der Waals surface area (Å²) in [7, 11) is 0. The third-order valence-corrected chi connectivity index (χ3v) is 3.38. The second-order valence-corrected chi connectivity index (χ2v) is 5.14. The smallest absolute Gasteiger partial charge is 0.339 e. The lowest BCUT2D eigenvalue weighted by Gasteiger charge is -2.12. The highest BCUT2D eigenvalue weighted by Crippen LogP contribution is 2.25. The summed E-state index contributed by atoms with van der Waals surface area (Å²) in [4.78, 5) is 15.3. The van der Waals surface area contributed by atoms with E-state index < -0.39 is 5.97 Å². The average Bonchev–Trinajstić information content (AvgIpc) is 2.36. The molecule has 5 heteroatoms. The van der Waals surface area contributed by atoms with Gasteiger partial charge < -0.3 is 10.4 Å². The lowest BCUT2D eigenvalue weighted by molar-refractivity contribution is 0.0697. The molecule has 0 radical (unpaired) electrons. The Balaban J connectivity index is 2.44. The Hall–Kier alpha value is -1.88. The molecule has 2 rings (SSSR count). The van der Waals surface area contributed by atoms with E-state index in [1.807, 2.05) is 32.0 Å². The number of aromatic nitrogens is 1. The van der Waals surface area contributed by atoms with Gasteiger partial charge >= 0.3 is 5.97 Å². The van der Waals surface area contributed by atoms with Crippen LogP contribution in [0.25, 0.3) is 0 Å². The fraction of sp³-hybridized carbons (Fsp3) is 0.143. The van der Waals surface area contributed by atoms with Crippen LogP contribution in [0.2, 0.25) is 0 Å². The van der Waals surface area contributed by atoms with Crippen molar-refractivity contribution in [3.63, 3.8) is 0 Å². The first-order valence-electron chi connectivity index (χ1n) is 5.71. The highest BCUT2D eigenvalue weighted by molar-refractivity contribution is 9.10. The molecule has 0 bridgehead atoms. The van der Waals surface area contributed by atoms with Gasteiger partial charge in [-0.2, -0.15) is 0 Å². The molecule has 1 aromatic carbocycles. The third-order valence-electron chi connectivity index (χ3n) is 2.94. The Bertz CT molecular complexity index is 641. The first kappa shape index (κ1) is 13.5. The molecule has 2 aromatic rings. The van der Waals surface area contributed by atoms with E-state index in [0.717, 1.165) is 16.8 Å². The summed E-state index contributed by atoms with van der Waals surface area (Å²) >= 11 is 3.22. The number of carbonyl (C=O) groups is 1. The SMILES string of the molecule is Cc1cccc(Nc2ncc(Br)cc2C(=O)O)c1C. The molecule has 1 aromatic heterocycles. The number of benzene rings is 1. The second kappa shape index (κ2) is 5.40. The molecule has 0 saturated carbocycles. The number of rotatable bonds is 3. The molecule has 0 aliphatic carbocycles. The van der Waals surface area contributed by atoms with Crippen molar-refractivity contribution in [3.8, 4) is 0 Å². The molecule has 19 heavy (non-hydrogen) atoms. The van der Waals surface area contributed by atoms with Crippen molar-refractivity contribution in [1.82, 2.24) is 4.98 Å². The van der Waals surface area contributed by atoms with Gasteiger partial charge in [-0.05, 0) is 53.0 Å². The minimum absolute atomic E-state index is 0.135. The van der Waals surface area contributed by atoms with Crippen LogP contribution >= 0.6 is 15.9 Å². The molecule has 0 aliphatic heterocycles. The van der Waals surface area contributed by atoms with Gasteiger partial charge in [0.2, 0.25) is 0 Å². The zero-order chi connectivity index (χ0) is 14.0. The number of hydrogen-bond acceptors (Lipinski definition) is 3. The fourth-order valence-electron chi connectivity index (χ4n) is 1.72. The van der Waals surface area contributed by atoms with Gasteiger partial charge in [0.25, 0.3) is 0 Å². The predicted molar refractivity (Wildman–Crippen MR) is 78.1 cm³/mol. The molecule has 0 amide bonds. The van der Waals surface area contributed by atoms with Gasteiger partial charge in [0.1, 0.15) is 11.4 Å². The molecule has 4 nitrogen and oxygen atoms in total. The topological polar surface area (TPSA) is 62.2 Å². The summed E-state index contributed by atoms with van der Waals surface area (Å²) in [6.45, 7) is 3.99. The number of carboxylic acids is 1. The predicted octanol–water partition coefficient (Wildman–Crippen LogP) is 3.90. The summed E-state index contributed by atoms with van der Waals surface area (Å²) in [5.41, 5.74) is 3.20. The van der Waals surface area contributed by atoms with Crippen molar-refractivity contribution >= 4 is 33.4 Å². The van der Waals surface area contributed by atoms with E-state index in [0.29, 0.717) is 10.3 Å². The minimum atomic E-state index is -1.01. The number of hydrogen-bond donors (Lipinski definition) is 2. The van der Waals surface area contributed by atoms with E-state index in [1.54, 1.807) is 6.20 Å². The van der Waals surface area contributed by atoms with E-state index in [9.17, 15) is 9.90 Å². The maximum Gasteiger partial charge on any atom is 0.339 e. The summed E-state index contributed by atoms with van der Waals surface area (Å²) in [5.74, 6) is -0.675. The normalized spacial score (nSPS) is 10.3. The van der Waals surface area contributed by atoms with Crippen LogP contribution in [0.1, 0.15) is 21.5 Å². The van der Waals surface area contributed by atoms with Gasteiger partial charge in [-0.15, -0.1) is 0 Å². The van der Waals surface area contributed by atoms with Crippen LogP contribution in [0.3, 0.4) is 0 Å². The lowest BCUT2D eigenvalue weighted by Crippen LogP contribution is -2.05. The molecule has 1 heterocycles. The van der Waals surface area contributed by atoms with Crippen LogP contribution in [-0.2, 0) is 0 Å². The molecule has 0 atom stereocenters. The molecular formula is C14H13BrN2O2. The summed E-state index contributed by atoms with van der Waals surface area (Å²) < 4.78 is 0.636. The van der Waals surface area contributed by atoms with Crippen molar-refractivity contribution < 1.29 is 9.90 Å². The summed E-state index contributed by atoms with van der Waals surface area (Å²) in [5, 5.41) is 12.3. The van der Waals surface area contributed by atoms with Crippen molar-refractivity contribution in [3.05, 3.63) is 51.6 Å².